The Morgan fingerprint density at radius 2 is 2.00 bits per heavy atom. The predicted molar refractivity (Wildman–Crippen MR) is 119 cm³/mol. The van der Waals surface area contributed by atoms with Crippen molar-refractivity contribution >= 4 is 69.4 Å². The van der Waals surface area contributed by atoms with E-state index in [2.05, 4.69) is 9.98 Å². The molecule has 0 spiro atoms. The van der Waals surface area contributed by atoms with Gasteiger partial charge in [-0.3, -0.25) is 9.69 Å². The molecule has 5 nitrogen and oxygen atoms in total. The van der Waals surface area contributed by atoms with Gasteiger partial charge in [0.15, 0.2) is 10.3 Å². The molecule has 1 saturated heterocycles. The van der Waals surface area contributed by atoms with Crippen LogP contribution >= 0.6 is 46.6 Å². The highest BCUT2D eigenvalue weighted by Gasteiger charge is 2.31. The number of aromatic nitrogens is 1. The SMILES string of the molecule is CN1C(=O)/C(=C\c2ccc(-c3cc(Cl)ccc3Cl)o2)SC1=Nc1cccnc1Cl. The molecule has 3 aromatic rings. The second-order valence-corrected chi connectivity index (χ2v) is 8.22. The highest BCUT2D eigenvalue weighted by atomic mass is 35.5. The van der Waals surface area contributed by atoms with Crippen LogP contribution in [0.1, 0.15) is 5.76 Å². The highest BCUT2D eigenvalue weighted by Crippen LogP contribution is 2.36. The summed E-state index contributed by atoms with van der Waals surface area (Å²) in [6.45, 7) is 0. The number of amides is 1. The lowest BCUT2D eigenvalue weighted by molar-refractivity contribution is -0.121. The third-order valence-electron chi connectivity index (χ3n) is 4.05. The van der Waals surface area contributed by atoms with Gasteiger partial charge < -0.3 is 4.42 Å². The summed E-state index contributed by atoms with van der Waals surface area (Å²) in [5.74, 6) is 0.887. The normalized spacial score (nSPS) is 17.0. The number of pyridine rings is 1. The fourth-order valence-corrected chi connectivity index (χ4v) is 4.11. The van der Waals surface area contributed by atoms with Gasteiger partial charge in [-0.05, 0) is 54.2 Å². The third-order valence-corrected chi connectivity index (χ3v) is 5.97. The monoisotopic (exact) mass is 463 g/mol. The van der Waals surface area contributed by atoms with Crippen LogP contribution in [-0.4, -0.2) is 28.0 Å². The summed E-state index contributed by atoms with van der Waals surface area (Å²) >= 11 is 19.6. The number of thioether (sulfide) groups is 1. The molecule has 1 fully saturated rings. The molecule has 0 aliphatic carbocycles. The van der Waals surface area contributed by atoms with E-state index < -0.39 is 0 Å². The zero-order valence-corrected chi connectivity index (χ0v) is 18.0. The standard InChI is InChI=1S/C20H12Cl3N3O2S/c1-26-19(27)17(29-20(26)25-15-3-2-8-24-18(15)23)10-12-5-7-16(28-12)13-9-11(21)4-6-14(13)22/h2-10H,1H3/b17-10+,25-20?. The van der Waals surface area contributed by atoms with Crippen LogP contribution in [-0.2, 0) is 4.79 Å². The number of benzene rings is 1. The van der Waals surface area contributed by atoms with Crippen LogP contribution in [0.3, 0.4) is 0 Å². The number of aliphatic imine (C=N–C) groups is 1. The molecule has 1 aliphatic rings. The molecule has 0 saturated carbocycles. The molecule has 1 amide bonds. The number of carbonyl (C=O) groups is 1. The fraction of sp³-hybridized carbons (Fsp3) is 0.0500. The largest absolute Gasteiger partial charge is 0.457 e. The van der Waals surface area contributed by atoms with Crippen molar-refractivity contribution in [2.24, 2.45) is 4.99 Å². The lowest BCUT2D eigenvalue weighted by atomic mass is 10.2. The van der Waals surface area contributed by atoms with Crippen LogP contribution in [0.25, 0.3) is 17.4 Å². The minimum Gasteiger partial charge on any atom is -0.457 e. The first-order valence-corrected chi connectivity index (χ1v) is 10.3. The maximum Gasteiger partial charge on any atom is 0.266 e. The number of likely N-dealkylation sites (N-methyl/N-ethyl adjacent to an activating group) is 1. The Bertz CT molecular complexity index is 1170. The van der Waals surface area contributed by atoms with E-state index in [-0.39, 0.29) is 11.1 Å². The van der Waals surface area contributed by atoms with Crippen LogP contribution in [0.15, 0.2) is 63.0 Å². The number of rotatable bonds is 3. The van der Waals surface area contributed by atoms with Crippen molar-refractivity contribution in [1.82, 2.24) is 9.88 Å². The van der Waals surface area contributed by atoms with E-state index in [1.807, 2.05) is 0 Å². The average molecular weight is 465 g/mol. The summed E-state index contributed by atoms with van der Waals surface area (Å²) in [5.41, 5.74) is 1.17. The average Bonchev–Trinajstić information content (AvgIpc) is 3.26. The Morgan fingerprint density at radius 3 is 2.79 bits per heavy atom. The first kappa shape index (κ1) is 20.0. The Labute approximate surface area is 186 Å². The smallest absolute Gasteiger partial charge is 0.266 e. The summed E-state index contributed by atoms with van der Waals surface area (Å²) in [7, 11) is 1.65. The number of halogens is 3. The molecule has 0 radical (unpaired) electrons. The molecule has 146 valence electrons. The summed E-state index contributed by atoms with van der Waals surface area (Å²) in [6, 6.07) is 12.1. The van der Waals surface area contributed by atoms with Gasteiger partial charge in [-0.1, -0.05) is 34.8 Å². The molecule has 4 rings (SSSR count). The molecule has 0 N–H and O–H groups in total. The lowest BCUT2D eigenvalue weighted by Gasteiger charge is -2.07. The van der Waals surface area contributed by atoms with Gasteiger partial charge in [-0.15, -0.1) is 0 Å². The molecule has 1 aliphatic heterocycles. The number of furan rings is 1. The van der Waals surface area contributed by atoms with E-state index in [4.69, 9.17) is 39.2 Å². The van der Waals surface area contributed by atoms with E-state index in [9.17, 15) is 4.79 Å². The van der Waals surface area contributed by atoms with Crippen molar-refractivity contribution in [1.29, 1.82) is 0 Å². The Balaban J connectivity index is 1.62. The van der Waals surface area contributed by atoms with Crippen molar-refractivity contribution in [3.8, 4) is 11.3 Å². The molecule has 1 aromatic carbocycles. The summed E-state index contributed by atoms with van der Waals surface area (Å²) in [4.78, 5) is 23.0. The quantitative estimate of drug-likeness (QED) is 0.326. The van der Waals surface area contributed by atoms with Crippen molar-refractivity contribution in [3.05, 3.63) is 74.5 Å². The minimum atomic E-state index is -0.187. The van der Waals surface area contributed by atoms with Crippen molar-refractivity contribution in [3.63, 3.8) is 0 Å². The van der Waals surface area contributed by atoms with Crippen LogP contribution in [0.4, 0.5) is 5.69 Å². The topological polar surface area (TPSA) is 58.7 Å². The van der Waals surface area contributed by atoms with Crippen LogP contribution in [0.5, 0.6) is 0 Å². The Kier molecular flexibility index (Phi) is 5.69. The zero-order valence-electron chi connectivity index (χ0n) is 14.9. The van der Waals surface area contributed by atoms with Crippen molar-refractivity contribution in [2.45, 2.75) is 0 Å². The maximum atomic E-state index is 12.6. The number of hydrogen-bond acceptors (Lipinski definition) is 5. The minimum absolute atomic E-state index is 0.187. The molecule has 0 bridgehead atoms. The lowest BCUT2D eigenvalue weighted by Crippen LogP contribution is -2.23. The predicted octanol–water partition coefficient (Wildman–Crippen LogP) is 6.54. The fourth-order valence-electron chi connectivity index (χ4n) is 2.61. The second-order valence-electron chi connectivity index (χ2n) is 6.01. The first-order valence-electron chi connectivity index (χ1n) is 8.34. The molecule has 9 heteroatoms. The molecule has 0 unspecified atom stereocenters. The van der Waals surface area contributed by atoms with Crippen molar-refractivity contribution < 1.29 is 9.21 Å². The molecule has 2 aromatic heterocycles. The number of carbonyl (C=O) groups excluding carboxylic acids is 1. The van der Waals surface area contributed by atoms with E-state index in [0.717, 1.165) is 0 Å². The highest BCUT2D eigenvalue weighted by molar-refractivity contribution is 8.18. The van der Waals surface area contributed by atoms with Crippen LogP contribution < -0.4 is 0 Å². The molecule has 29 heavy (non-hydrogen) atoms. The van der Waals surface area contributed by atoms with Crippen molar-refractivity contribution in [2.75, 3.05) is 7.05 Å². The van der Waals surface area contributed by atoms with Gasteiger partial charge in [-0.25, -0.2) is 9.98 Å². The van der Waals surface area contributed by atoms with Gasteiger partial charge in [-0.2, -0.15) is 0 Å². The molecule has 3 heterocycles. The zero-order chi connectivity index (χ0) is 20.5. The van der Waals surface area contributed by atoms with Gasteiger partial charge in [0.1, 0.15) is 17.2 Å². The number of amidine groups is 1. The maximum absolute atomic E-state index is 12.6. The van der Waals surface area contributed by atoms with E-state index in [1.165, 1.54) is 16.7 Å². The summed E-state index contributed by atoms with van der Waals surface area (Å²) in [5, 5.41) is 1.85. The Morgan fingerprint density at radius 1 is 1.17 bits per heavy atom. The van der Waals surface area contributed by atoms with E-state index >= 15 is 0 Å². The third kappa shape index (κ3) is 4.21. The molecule has 0 atom stereocenters. The Hall–Kier alpha value is -2.25. The van der Waals surface area contributed by atoms with Gasteiger partial charge >= 0.3 is 0 Å². The number of hydrogen-bond donors (Lipinski definition) is 0. The first-order chi connectivity index (χ1) is 13.9. The summed E-state index contributed by atoms with van der Waals surface area (Å²) in [6.07, 6.45) is 3.24. The van der Waals surface area contributed by atoms with Crippen LogP contribution in [0, 0.1) is 0 Å². The van der Waals surface area contributed by atoms with Gasteiger partial charge in [0.25, 0.3) is 5.91 Å². The molecular weight excluding hydrogens is 453 g/mol. The van der Waals surface area contributed by atoms with Crippen LogP contribution in [0.2, 0.25) is 15.2 Å². The van der Waals surface area contributed by atoms with E-state index in [1.54, 1.807) is 61.8 Å². The molecular formula is C20H12Cl3N3O2S. The van der Waals surface area contributed by atoms with Gasteiger partial charge in [0.05, 0.1) is 9.93 Å². The second kappa shape index (κ2) is 8.24. The summed E-state index contributed by atoms with van der Waals surface area (Å²) < 4.78 is 5.85. The van der Waals surface area contributed by atoms with Gasteiger partial charge in [0.2, 0.25) is 0 Å². The number of nitrogens with zero attached hydrogens (tertiary/aromatic N) is 3. The van der Waals surface area contributed by atoms with E-state index in [0.29, 0.717) is 42.9 Å². The van der Waals surface area contributed by atoms with Gasteiger partial charge in [0, 0.05) is 29.9 Å².